The highest BCUT2D eigenvalue weighted by atomic mass is 19.1. The molecule has 2 heterocycles. The number of rotatable bonds is 5. The van der Waals surface area contributed by atoms with Gasteiger partial charge in [0.15, 0.2) is 5.78 Å². The molecule has 0 saturated carbocycles. The van der Waals surface area contributed by atoms with Crippen molar-refractivity contribution in [1.29, 1.82) is 0 Å². The smallest absolute Gasteiger partial charge is 0.212 e. The molecule has 0 saturated heterocycles. The molecule has 24 heavy (non-hydrogen) atoms. The third-order valence-electron chi connectivity index (χ3n) is 3.79. The van der Waals surface area contributed by atoms with Crippen molar-refractivity contribution < 1.29 is 14.0 Å². The summed E-state index contributed by atoms with van der Waals surface area (Å²) in [6.07, 6.45) is 5.07. The van der Waals surface area contributed by atoms with Gasteiger partial charge in [-0.25, -0.2) is 4.39 Å². The van der Waals surface area contributed by atoms with Crippen LogP contribution in [0, 0.1) is 5.82 Å². The molecule has 0 radical (unpaired) electrons. The number of aryl methyl sites for hydroxylation is 1. The third kappa shape index (κ3) is 3.15. The minimum atomic E-state index is -0.576. The molecular formula is C19H15FN2O2. The summed E-state index contributed by atoms with van der Waals surface area (Å²) in [6.45, 7) is 0. The molecule has 0 bridgehead atoms. The van der Waals surface area contributed by atoms with E-state index in [0.717, 1.165) is 5.56 Å². The molecule has 0 aliphatic rings. The van der Waals surface area contributed by atoms with Crippen LogP contribution in [0.1, 0.15) is 32.0 Å². The van der Waals surface area contributed by atoms with E-state index >= 15 is 0 Å². The molecular weight excluding hydrogens is 307 g/mol. The third-order valence-corrected chi connectivity index (χ3v) is 3.79. The van der Waals surface area contributed by atoms with Gasteiger partial charge in [-0.15, -0.1) is 0 Å². The number of carbonyl (C=O) groups is 2. The molecule has 5 heteroatoms. The second-order valence-electron chi connectivity index (χ2n) is 5.49. The molecule has 0 amide bonds. The van der Waals surface area contributed by atoms with Crippen LogP contribution in [0.25, 0.3) is 0 Å². The van der Waals surface area contributed by atoms with Gasteiger partial charge in [0.1, 0.15) is 5.82 Å². The van der Waals surface area contributed by atoms with E-state index in [1.165, 1.54) is 24.3 Å². The summed E-state index contributed by atoms with van der Waals surface area (Å²) in [7, 11) is 1.66. The zero-order valence-electron chi connectivity index (χ0n) is 13.1. The van der Waals surface area contributed by atoms with Gasteiger partial charge in [-0.2, -0.15) is 0 Å². The Bertz CT molecular complexity index is 901. The van der Waals surface area contributed by atoms with Crippen LogP contribution in [0.2, 0.25) is 0 Å². The lowest BCUT2D eigenvalue weighted by molar-refractivity contribution is 0.0992. The Hall–Kier alpha value is -3.08. The van der Waals surface area contributed by atoms with E-state index in [4.69, 9.17) is 0 Å². The fourth-order valence-electron chi connectivity index (χ4n) is 2.51. The first-order chi connectivity index (χ1) is 11.6. The molecule has 3 rings (SSSR count). The zero-order valence-corrected chi connectivity index (χ0v) is 13.1. The predicted octanol–water partition coefficient (Wildman–Crippen LogP) is 3.22. The Balaban J connectivity index is 1.86. The van der Waals surface area contributed by atoms with Crippen molar-refractivity contribution in [3.63, 3.8) is 0 Å². The van der Waals surface area contributed by atoms with Crippen LogP contribution in [0.3, 0.4) is 0 Å². The molecule has 0 atom stereocenters. The fraction of sp³-hybridized carbons (Fsp3) is 0.105. The summed E-state index contributed by atoms with van der Waals surface area (Å²) in [6, 6.07) is 10.9. The van der Waals surface area contributed by atoms with Crippen molar-refractivity contribution in [3.05, 3.63) is 89.3 Å². The molecule has 0 aliphatic carbocycles. The van der Waals surface area contributed by atoms with E-state index in [2.05, 4.69) is 4.98 Å². The second kappa shape index (κ2) is 6.58. The average molecular weight is 322 g/mol. The number of ketones is 2. The number of benzene rings is 1. The molecule has 120 valence electrons. The number of pyridine rings is 1. The van der Waals surface area contributed by atoms with Gasteiger partial charge in [-0.05, 0) is 35.9 Å². The maximum atomic E-state index is 13.8. The minimum absolute atomic E-state index is 0.00756. The summed E-state index contributed by atoms with van der Waals surface area (Å²) >= 11 is 0. The maximum Gasteiger partial charge on any atom is 0.212 e. The monoisotopic (exact) mass is 322 g/mol. The van der Waals surface area contributed by atoms with Gasteiger partial charge in [0, 0.05) is 37.6 Å². The normalized spacial score (nSPS) is 10.6. The molecule has 0 unspecified atom stereocenters. The summed E-state index contributed by atoms with van der Waals surface area (Å²) in [5.41, 5.74) is 1.54. The minimum Gasteiger partial charge on any atom is -0.347 e. The number of halogens is 1. The van der Waals surface area contributed by atoms with Crippen LogP contribution in [-0.4, -0.2) is 21.1 Å². The van der Waals surface area contributed by atoms with Crippen molar-refractivity contribution in [2.75, 3.05) is 0 Å². The SMILES string of the molecule is Cn1cc(C(=O)Cc2ccncc2)cc1C(=O)c1ccccc1F. The Morgan fingerprint density at radius 1 is 1.12 bits per heavy atom. The largest absolute Gasteiger partial charge is 0.347 e. The Morgan fingerprint density at radius 2 is 1.83 bits per heavy atom. The van der Waals surface area contributed by atoms with Crippen molar-refractivity contribution in [2.45, 2.75) is 6.42 Å². The van der Waals surface area contributed by atoms with Crippen LogP contribution >= 0.6 is 0 Å². The van der Waals surface area contributed by atoms with Crippen molar-refractivity contribution in [3.8, 4) is 0 Å². The van der Waals surface area contributed by atoms with Crippen LogP contribution < -0.4 is 0 Å². The highest BCUT2D eigenvalue weighted by Gasteiger charge is 2.19. The summed E-state index contributed by atoms with van der Waals surface area (Å²) < 4.78 is 15.4. The Labute approximate surface area is 138 Å². The molecule has 0 spiro atoms. The lowest BCUT2D eigenvalue weighted by atomic mass is 10.0. The van der Waals surface area contributed by atoms with Crippen molar-refractivity contribution in [1.82, 2.24) is 9.55 Å². The molecule has 0 N–H and O–H groups in total. The highest BCUT2D eigenvalue weighted by Crippen LogP contribution is 2.17. The number of hydrogen-bond acceptors (Lipinski definition) is 3. The Morgan fingerprint density at radius 3 is 2.54 bits per heavy atom. The number of aromatic nitrogens is 2. The standard InChI is InChI=1S/C19H15FN2O2/c1-22-12-14(18(23)10-13-6-8-21-9-7-13)11-17(22)19(24)15-4-2-3-5-16(15)20/h2-9,11-12H,10H2,1H3. The number of nitrogens with zero attached hydrogens (tertiary/aromatic N) is 2. The van der Waals surface area contributed by atoms with Gasteiger partial charge >= 0.3 is 0 Å². The first-order valence-corrected chi connectivity index (χ1v) is 7.44. The van der Waals surface area contributed by atoms with Gasteiger partial charge in [0.25, 0.3) is 0 Å². The second-order valence-corrected chi connectivity index (χ2v) is 5.49. The van der Waals surface area contributed by atoms with Crippen LogP contribution in [-0.2, 0) is 13.5 Å². The van der Waals surface area contributed by atoms with Gasteiger partial charge in [-0.1, -0.05) is 12.1 Å². The Kier molecular flexibility index (Phi) is 4.33. The maximum absolute atomic E-state index is 13.8. The molecule has 2 aromatic heterocycles. The zero-order chi connectivity index (χ0) is 17.1. The van der Waals surface area contributed by atoms with E-state index in [0.29, 0.717) is 5.56 Å². The van der Waals surface area contributed by atoms with Gasteiger partial charge in [0.05, 0.1) is 11.3 Å². The van der Waals surface area contributed by atoms with Crippen LogP contribution in [0.4, 0.5) is 4.39 Å². The van der Waals surface area contributed by atoms with Gasteiger partial charge < -0.3 is 4.57 Å². The lowest BCUT2D eigenvalue weighted by Gasteiger charge is -2.03. The summed E-state index contributed by atoms with van der Waals surface area (Å²) in [5.74, 6) is -1.13. The van der Waals surface area contributed by atoms with Crippen molar-refractivity contribution >= 4 is 11.6 Å². The quantitative estimate of drug-likeness (QED) is 0.678. The average Bonchev–Trinajstić information content (AvgIpc) is 2.98. The molecule has 0 fully saturated rings. The number of carbonyl (C=O) groups excluding carboxylic acids is 2. The van der Waals surface area contributed by atoms with E-state index in [9.17, 15) is 14.0 Å². The first kappa shape index (κ1) is 15.8. The predicted molar refractivity (Wildman–Crippen MR) is 87.5 cm³/mol. The van der Waals surface area contributed by atoms with Gasteiger partial charge in [0.2, 0.25) is 5.78 Å². The highest BCUT2D eigenvalue weighted by molar-refractivity contribution is 6.10. The molecule has 1 aromatic carbocycles. The van der Waals surface area contributed by atoms with Crippen molar-refractivity contribution in [2.24, 2.45) is 7.05 Å². The van der Waals surface area contributed by atoms with E-state index in [-0.39, 0.29) is 23.5 Å². The summed E-state index contributed by atoms with van der Waals surface area (Å²) in [5, 5.41) is 0. The van der Waals surface area contributed by atoms with Gasteiger partial charge in [-0.3, -0.25) is 14.6 Å². The van der Waals surface area contributed by atoms with E-state index in [1.807, 2.05) is 0 Å². The lowest BCUT2D eigenvalue weighted by Crippen LogP contribution is -2.08. The summed E-state index contributed by atoms with van der Waals surface area (Å²) in [4.78, 5) is 28.8. The topological polar surface area (TPSA) is 52.0 Å². The molecule has 0 aliphatic heterocycles. The van der Waals surface area contributed by atoms with E-state index in [1.54, 1.807) is 48.4 Å². The first-order valence-electron chi connectivity index (χ1n) is 7.44. The molecule has 4 nitrogen and oxygen atoms in total. The number of Topliss-reactive ketones (excluding diaryl/α,β-unsaturated/α-hetero) is 1. The number of hydrogen-bond donors (Lipinski definition) is 0. The van der Waals surface area contributed by atoms with E-state index < -0.39 is 11.6 Å². The fourth-order valence-corrected chi connectivity index (χ4v) is 2.51. The van der Waals surface area contributed by atoms with Crippen LogP contribution in [0.15, 0.2) is 61.1 Å². The van der Waals surface area contributed by atoms with Crippen LogP contribution in [0.5, 0.6) is 0 Å². The molecule has 3 aromatic rings.